The quantitative estimate of drug-likeness (QED) is 0.679. The summed E-state index contributed by atoms with van der Waals surface area (Å²) in [6, 6.07) is 3.64. The minimum atomic E-state index is -0.221. The lowest BCUT2D eigenvalue weighted by atomic mass is 10.1. The highest BCUT2D eigenvalue weighted by Gasteiger charge is 2.42. The average molecular weight is 177 g/mol. The number of hydrogen-bond donors (Lipinski definition) is 2. The molecule has 0 unspecified atom stereocenters. The highest BCUT2D eigenvalue weighted by atomic mass is 16.1. The Kier molecular flexibility index (Phi) is 1.69. The summed E-state index contributed by atoms with van der Waals surface area (Å²) in [4.78, 5) is 14.7. The van der Waals surface area contributed by atoms with Crippen molar-refractivity contribution in [3.05, 3.63) is 23.9 Å². The maximum absolute atomic E-state index is 10.8. The van der Waals surface area contributed by atoms with Crippen molar-refractivity contribution >= 4 is 11.7 Å². The van der Waals surface area contributed by atoms with Crippen LogP contribution in [0.15, 0.2) is 18.3 Å². The van der Waals surface area contributed by atoms with Crippen molar-refractivity contribution in [3.63, 3.8) is 0 Å². The molecule has 0 saturated heterocycles. The number of nitrogen functional groups attached to an aromatic ring is 1. The summed E-state index contributed by atoms with van der Waals surface area (Å²) in [5.41, 5.74) is 11.7. The molecule has 1 amide bonds. The Morgan fingerprint density at radius 2 is 2.31 bits per heavy atom. The van der Waals surface area contributed by atoms with Crippen LogP contribution in [0.4, 0.5) is 5.82 Å². The second-order valence-electron chi connectivity index (χ2n) is 3.37. The Morgan fingerprint density at radius 3 is 2.77 bits per heavy atom. The van der Waals surface area contributed by atoms with Crippen LogP contribution in [0.1, 0.15) is 17.9 Å². The van der Waals surface area contributed by atoms with Gasteiger partial charge in [-0.05, 0) is 24.0 Å². The van der Waals surface area contributed by atoms with Crippen LogP contribution in [-0.4, -0.2) is 10.9 Å². The van der Waals surface area contributed by atoms with E-state index in [4.69, 9.17) is 11.5 Å². The fourth-order valence-electron chi connectivity index (χ4n) is 1.51. The van der Waals surface area contributed by atoms with E-state index in [-0.39, 0.29) is 17.7 Å². The maximum Gasteiger partial charge on any atom is 0.221 e. The molecule has 2 rings (SSSR count). The van der Waals surface area contributed by atoms with Gasteiger partial charge in [0.2, 0.25) is 5.91 Å². The van der Waals surface area contributed by atoms with E-state index in [2.05, 4.69) is 4.98 Å². The van der Waals surface area contributed by atoms with Gasteiger partial charge in [0.25, 0.3) is 0 Å². The molecule has 1 aromatic heterocycles. The molecule has 0 spiro atoms. The van der Waals surface area contributed by atoms with Gasteiger partial charge in [0.05, 0.1) is 0 Å². The number of carbonyl (C=O) groups is 1. The van der Waals surface area contributed by atoms with Gasteiger partial charge < -0.3 is 11.5 Å². The lowest BCUT2D eigenvalue weighted by Gasteiger charge is -1.97. The van der Waals surface area contributed by atoms with Gasteiger partial charge >= 0.3 is 0 Å². The molecular formula is C9H11N3O. The molecule has 1 aromatic rings. The fraction of sp³-hybridized carbons (Fsp3) is 0.333. The SMILES string of the molecule is NC(=O)[C@H]1C[C@@H]1c1ccc(N)nc1. The van der Waals surface area contributed by atoms with E-state index in [9.17, 15) is 4.79 Å². The topological polar surface area (TPSA) is 82.0 Å². The molecule has 4 nitrogen and oxygen atoms in total. The molecule has 0 aliphatic heterocycles. The number of aromatic nitrogens is 1. The van der Waals surface area contributed by atoms with Gasteiger partial charge in [-0.1, -0.05) is 6.07 Å². The van der Waals surface area contributed by atoms with Crippen LogP contribution in [0.2, 0.25) is 0 Å². The predicted octanol–water partition coefficient (Wildman–Crippen LogP) is 0.253. The van der Waals surface area contributed by atoms with Crippen molar-refractivity contribution in [3.8, 4) is 0 Å². The highest BCUT2D eigenvalue weighted by molar-refractivity contribution is 5.81. The van der Waals surface area contributed by atoms with Gasteiger partial charge in [-0.15, -0.1) is 0 Å². The number of rotatable bonds is 2. The van der Waals surface area contributed by atoms with Crippen LogP contribution in [-0.2, 0) is 4.79 Å². The molecule has 2 atom stereocenters. The average Bonchev–Trinajstić information content (AvgIpc) is 2.85. The smallest absolute Gasteiger partial charge is 0.221 e. The minimum Gasteiger partial charge on any atom is -0.384 e. The van der Waals surface area contributed by atoms with E-state index in [0.29, 0.717) is 5.82 Å². The number of anilines is 1. The summed E-state index contributed by atoms with van der Waals surface area (Å²) in [5.74, 6) is 0.554. The lowest BCUT2D eigenvalue weighted by molar-refractivity contribution is -0.119. The normalized spacial score (nSPS) is 25.5. The summed E-state index contributed by atoms with van der Waals surface area (Å²) in [5, 5.41) is 0. The molecule has 4 heteroatoms. The predicted molar refractivity (Wildman–Crippen MR) is 48.7 cm³/mol. The molecule has 4 N–H and O–H groups in total. The first-order valence-electron chi connectivity index (χ1n) is 4.19. The number of nitrogens with two attached hydrogens (primary N) is 2. The van der Waals surface area contributed by atoms with Crippen molar-refractivity contribution in [1.29, 1.82) is 0 Å². The van der Waals surface area contributed by atoms with E-state index in [1.807, 2.05) is 6.07 Å². The molecular weight excluding hydrogens is 166 g/mol. The highest BCUT2D eigenvalue weighted by Crippen LogP contribution is 2.46. The number of hydrogen-bond acceptors (Lipinski definition) is 3. The summed E-state index contributed by atoms with van der Waals surface area (Å²) >= 11 is 0. The fourth-order valence-corrected chi connectivity index (χ4v) is 1.51. The molecule has 1 heterocycles. The van der Waals surface area contributed by atoms with Gasteiger partial charge in [0.1, 0.15) is 5.82 Å². The molecule has 0 aromatic carbocycles. The van der Waals surface area contributed by atoms with Crippen LogP contribution in [0.3, 0.4) is 0 Å². The van der Waals surface area contributed by atoms with Gasteiger partial charge in [-0.2, -0.15) is 0 Å². The third kappa shape index (κ3) is 1.47. The van der Waals surface area contributed by atoms with Crippen LogP contribution < -0.4 is 11.5 Å². The molecule has 0 bridgehead atoms. The van der Waals surface area contributed by atoms with Gasteiger partial charge in [-0.25, -0.2) is 4.98 Å². The molecule has 68 valence electrons. The van der Waals surface area contributed by atoms with Crippen molar-refractivity contribution in [2.45, 2.75) is 12.3 Å². The number of pyridine rings is 1. The summed E-state index contributed by atoms with van der Waals surface area (Å²) in [7, 11) is 0. The summed E-state index contributed by atoms with van der Waals surface area (Å²) in [6.07, 6.45) is 2.56. The van der Waals surface area contributed by atoms with Crippen LogP contribution in [0.5, 0.6) is 0 Å². The van der Waals surface area contributed by atoms with Crippen molar-refractivity contribution in [1.82, 2.24) is 4.98 Å². The summed E-state index contributed by atoms with van der Waals surface area (Å²) in [6.45, 7) is 0. The van der Waals surface area contributed by atoms with Crippen molar-refractivity contribution in [2.24, 2.45) is 11.7 Å². The lowest BCUT2D eigenvalue weighted by Crippen LogP contribution is -2.13. The van der Waals surface area contributed by atoms with Crippen LogP contribution in [0, 0.1) is 5.92 Å². The molecule has 1 aliphatic carbocycles. The van der Waals surface area contributed by atoms with Gasteiger partial charge in [0.15, 0.2) is 0 Å². The number of carbonyl (C=O) groups excluding carboxylic acids is 1. The molecule has 0 radical (unpaired) electrons. The molecule has 1 fully saturated rings. The molecule has 1 aliphatic rings. The Labute approximate surface area is 75.9 Å². The Hall–Kier alpha value is -1.58. The van der Waals surface area contributed by atoms with E-state index in [0.717, 1.165) is 12.0 Å². The Morgan fingerprint density at radius 1 is 1.54 bits per heavy atom. The third-order valence-corrected chi connectivity index (χ3v) is 2.39. The first-order chi connectivity index (χ1) is 6.18. The zero-order chi connectivity index (χ0) is 9.42. The maximum atomic E-state index is 10.8. The van der Waals surface area contributed by atoms with Crippen LogP contribution in [0.25, 0.3) is 0 Å². The third-order valence-electron chi connectivity index (χ3n) is 2.39. The van der Waals surface area contributed by atoms with E-state index >= 15 is 0 Å². The van der Waals surface area contributed by atoms with E-state index < -0.39 is 0 Å². The number of primary amides is 1. The number of nitrogens with zero attached hydrogens (tertiary/aromatic N) is 1. The minimum absolute atomic E-state index is 0.00502. The van der Waals surface area contributed by atoms with Gasteiger partial charge in [0, 0.05) is 12.1 Å². The van der Waals surface area contributed by atoms with Crippen LogP contribution >= 0.6 is 0 Å². The standard InChI is InChI=1S/C9H11N3O/c10-8-2-1-5(4-12-8)6-3-7(6)9(11)13/h1-2,4,6-7H,3H2,(H2,10,12)(H2,11,13)/t6-,7+/m1/s1. The Balaban J connectivity index is 2.12. The zero-order valence-corrected chi connectivity index (χ0v) is 7.10. The number of amides is 1. The monoisotopic (exact) mass is 177 g/mol. The largest absolute Gasteiger partial charge is 0.384 e. The van der Waals surface area contributed by atoms with Gasteiger partial charge in [-0.3, -0.25) is 4.79 Å². The van der Waals surface area contributed by atoms with E-state index in [1.165, 1.54) is 0 Å². The first kappa shape index (κ1) is 8.04. The van der Waals surface area contributed by atoms with Crippen molar-refractivity contribution < 1.29 is 4.79 Å². The zero-order valence-electron chi connectivity index (χ0n) is 7.10. The second kappa shape index (κ2) is 2.73. The molecule has 1 saturated carbocycles. The summed E-state index contributed by atoms with van der Waals surface area (Å²) < 4.78 is 0. The first-order valence-corrected chi connectivity index (χ1v) is 4.19. The Bertz CT molecular complexity index is 333. The van der Waals surface area contributed by atoms with Crippen molar-refractivity contribution in [2.75, 3.05) is 5.73 Å². The second-order valence-corrected chi connectivity index (χ2v) is 3.37. The van der Waals surface area contributed by atoms with E-state index in [1.54, 1.807) is 12.3 Å². The molecule has 13 heavy (non-hydrogen) atoms.